The van der Waals surface area contributed by atoms with E-state index < -0.39 is 36.5 Å². The molecular weight excluding hydrogens is 339 g/mol. The minimum absolute atomic E-state index is 0.110. The molecule has 0 aliphatic rings. The number of imidazole rings is 1. The van der Waals surface area contributed by atoms with Gasteiger partial charge in [-0.15, -0.1) is 0 Å². The maximum Gasteiger partial charge on any atom is 0.449 e. The molecule has 2 rings (SSSR count). The first-order chi connectivity index (χ1) is 11.6. The summed E-state index contributed by atoms with van der Waals surface area (Å²) in [6.07, 6.45) is -4.23. The standard InChI is InChI=1S/C16H18F3N3O3/c1-3-9(2)13(14(24)25)21-12(23)8-22-11-7-5-4-6-10(11)20-15(22)16(17,18)19/h4-7,9,13H,3,8H2,1-2H3,(H,21,23)(H,24,25)/t9-,13-/m0/s1. The first-order valence-electron chi connectivity index (χ1n) is 7.69. The summed E-state index contributed by atoms with van der Waals surface area (Å²) in [6, 6.07) is 4.76. The second-order valence-corrected chi connectivity index (χ2v) is 5.78. The fraction of sp³-hybridized carbons (Fsp3) is 0.438. The van der Waals surface area contributed by atoms with Gasteiger partial charge in [0.15, 0.2) is 0 Å². The quantitative estimate of drug-likeness (QED) is 0.832. The second kappa shape index (κ2) is 7.12. The van der Waals surface area contributed by atoms with E-state index >= 15 is 0 Å². The van der Waals surface area contributed by atoms with Crippen molar-refractivity contribution >= 4 is 22.9 Å². The van der Waals surface area contributed by atoms with Crippen molar-refractivity contribution in [2.75, 3.05) is 0 Å². The monoisotopic (exact) mass is 357 g/mol. The van der Waals surface area contributed by atoms with E-state index in [2.05, 4.69) is 10.3 Å². The van der Waals surface area contributed by atoms with Gasteiger partial charge in [0.2, 0.25) is 11.7 Å². The summed E-state index contributed by atoms with van der Waals surface area (Å²) < 4.78 is 40.4. The fourth-order valence-corrected chi connectivity index (χ4v) is 2.50. The highest BCUT2D eigenvalue weighted by Crippen LogP contribution is 2.31. The summed E-state index contributed by atoms with van der Waals surface area (Å²) in [5.41, 5.74) is 0.264. The van der Waals surface area contributed by atoms with E-state index in [0.29, 0.717) is 6.42 Å². The van der Waals surface area contributed by atoms with Crippen LogP contribution < -0.4 is 5.32 Å². The number of para-hydroxylation sites is 2. The van der Waals surface area contributed by atoms with Crippen molar-refractivity contribution in [3.8, 4) is 0 Å². The van der Waals surface area contributed by atoms with Gasteiger partial charge in [-0.25, -0.2) is 9.78 Å². The van der Waals surface area contributed by atoms with Crippen LogP contribution in [0.2, 0.25) is 0 Å². The van der Waals surface area contributed by atoms with E-state index in [0.717, 1.165) is 4.57 Å². The molecule has 0 saturated heterocycles. The number of alkyl halides is 3. The minimum atomic E-state index is -4.73. The lowest BCUT2D eigenvalue weighted by Crippen LogP contribution is -2.46. The van der Waals surface area contributed by atoms with E-state index in [1.54, 1.807) is 19.9 Å². The zero-order chi connectivity index (χ0) is 18.8. The van der Waals surface area contributed by atoms with E-state index in [1.807, 2.05) is 0 Å². The molecule has 136 valence electrons. The number of hydrogen-bond donors (Lipinski definition) is 2. The predicted molar refractivity (Wildman–Crippen MR) is 83.8 cm³/mol. The lowest BCUT2D eigenvalue weighted by Gasteiger charge is -2.20. The Bertz CT molecular complexity index is 786. The molecule has 1 aromatic heterocycles. The number of aliphatic carboxylic acids is 1. The van der Waals surface area contributed by atoms with Crippen molar-refractivity contribution < 1.29 is 27.9 Å². The van der Waals surface area contributed by atoms with Crippen LogP contribution in [-0.4, -0.2) is 32.6 Å². The summed E-state index contributed by atoms with van der Waals surface area (Å²) in [4.78, 5) is 27.0. The molecule has 2 aromatic rings. The molecule has 2 atom stereocenters. The van der Waals surface area contributed by atoms with Gasteiger partial charge in [-0.3, -0.25) is 4.79 Å². The number of benzene rings is 1. The van der Waals surface area contributed by atoms with E-state index in [-0.39, 0.29) is 17.0 Å². The van der Waals surface area contributed by atoms with Gasteiger partial charge in [0.25, 0.3) is 0 Å². The number of carbonyl (C=O) groups excluding carboxylic acids is 1. The Balaban J connectivity index is 2.33. The number of hydrogen-bond acceptors (Lipinski definition) is 3. The average molecular weight is 357 g/mol. The van der Waals surface area contributed by atoms with Crippen LogP contribution >= 0.6 is 0 Å². The normalized spacial score (nSPS) is 14.3. The van der Waals surface area contributed by atoms with Gasteiger partial charge < -0.3 is 15.0 Å². The second-order valence-electron chi connectivity index (χ2n) is 5.78. The van der Waals surface area contributed by atoms with Crippen molar-refractivity contribution in [2.45, 2.75) is 39.0 Å². The van der Waals surface area contributed by atoms with Crippen molar-refractivity contribution in [3.63, 3.8) is 0 Å². The number of rotatable bonds is 6. The molecule has 0 spiro atoms. The molecule has 6 nitrogen and oxygen atoms in total. The molecule has 2 N–H and O–H groups in total. The van der Waals surface area contributed by atoms with Crippen LogP contribution in [-0.2, 0) is 22.3 Å². The maximum atomic E-state index is 13.2. The molecule has 1 heterocycles. The van der Waals surface area contributed by atoms with Gasteiger partial charge in [0.05, 0.1) is 11.0 Å². The van der Waals surface area contributed by atoms with Crippen LogP contribution in [0, 0.1) is 5.92 Å². The Morgan fingerprint density at radius 1 is 1.32 bits per heavy atom. The van der Waals surface area contributed by atoms with Crippen LogP contribution in [0.25, 0.3) is 11.0 Å². The molecule has 0 aliphatic heterocycles. The summed E-state index contributed by atoms with van der Waals surface area (Å²) in [7, 11) is 0. The highest BCUT2D eigenvalue weighted by atomic mass is 19.4. The highest BCUT2D eigenvalue weighted by Gasteiger charge is 2.38. The third kappa shape index (κ3) is 4.09. The van der Waals surface area contributed by atoms with Gasteiger partial charge >= 0.3 is 12.1 Å². The van der Waals surface area contributed by atoms with Gasteiger partial charge in [-0.05, 0) is 18.1 Å². The van der Waals surface area contributed by atoms with Crippen LogP contribution in [0.5, 0.6) is 0 Å². The number of nitrogens with zero attached hydrogens (tertiary/aromatic N) is 2. The summed E-state index contributed by atoms with van der Waals surface area (Å²) in [5.74, 6) is -3.60. The van der Waals surface area contributed by atoms with Crippen LogP contribution in [0.3, 0.4) is 0 Å². The van der Waals surface area contributed by atoms with Crippen molar-refractivity contribution in [2.24, 2.45) is 5.92 Å². The smallest absolute Gasteiger partial charge is 0.449 e. The molecule has 0 aliphatic carbocycles. The fourth-order valence-electron chi connectivity index (χ4n) is 2.50. The van der Waals surface area contributed by atoms with Crippen LogP contribution in [0.1, 0.15) is 26.1 Å². The Labute approximate surface area is 141 Å². The number of halogens is 3. The van der Waals surface area contributed by atoms with E-state index in [1.165, 1.54) is 18.2 Å². The summed E-state index contributed by atoms with van der Waals surface area (Å²) in [6.45, 7) is 2.74. The number of nitrogens with one attached hydrogen (secondary N) is 1. The summed E-state index contributed by atoms with van der Waals surface area (Å²) >= 11 is 0. The van der Waals surface area contributed by atoms with Gasteiger partial charge in [0.1, 0.15) is 12.6 Å². The molecule has 0 saturated carbocycles. The molecule has 1 amide bonds. The number of carboxylic acids is 1. The SMILES string of the molecule is CC[C@H](C)[C@H](NC(=O)Cn1c(C(F)(F)F)nc2ccccc21)C(=O)O. The molecule has 0 radical (unpaired) electrons. The molecule has 1 aromatic carbocycles. The first kappa shape index (κ1) is 18.8. The van der Waals surface area contributed by atoms with Crippen molar-refractivity contribution in [3.05, 3.63) is 30.1 Å². The van der Waals surface area contributed by atoms with Crippen LogP contribution in [0.4, 0.5) is 13.2 Å². The average Bonchev–Trinajstić information content (AvgIpc) is 2.90. The number of aromatic nitrogens is 2. The molecule has 9 heteroatoms. The molecular formula is C16H18F3N3O3. The Hall–Kier alpha value is -2.58. The van der Waals surface area contributed by atoms with Gasteiger partial charge in [-0.2, -0.15) is 13.2 Å². The molecule has 0 unspecified atom stereocenters. The third-order valence-corrected chi connectivity index (χ3v) is 4.01. The van der Waals surface area contributed by atoms with Gasteiger partial charge in [-0.1, -0.05) is 32.4 Å². The van der Waals surface area contributed by atoms with E-state index in [4.69, 9.17) is 0 Å². The number of carbonyl (C=O) groups is 2. The lowest BCUT2D eigenvalue weighted by atomic mass is 9.99. The van der Waals surface area contributed by atoms with Crippen molar-refractivity contribution in [1.82, 2.24) is 14.9 Å². The Kier molecular flexibility index (Phi) is 5.34. The molecule has 0 fully saturated rings. The first-order valence-corrected chi connectivity index (χ1v) is 7.69. The summed E-state index contributed by atoms with van der Waals surface area (Å²) in [5, 5.41) is 11.5. The highest BCUT2D eigenvalue weighted by molar-refractivity contribution is 5.85. The maximum absolute atomic E-state index is 13.2. The lowest BCUT2D eigenvalue weighted by molar-refractivity contribution is -0.148. The number of fused-ring (bicyclic) bond motifs is 1. The minimum Gasteiger partial charge on any atom is -0.480 e. The third-order valence-electron chi connectivity index (χ3n) is 4.01. The number of carboxylic acid groups (broad SMARTS) is 1. The van der Waals surface area contributed by atoms with Crippen LogP contribution in [0.15, 0.2) is 24.3 Å². The Morgan fingerprint density at radius 2 is 1.96 bits per heavy atom. The van der Waals surface area contributed by atoms with Gasteiger partial charge in [0, 0.05) is 0 Å². The largest absolute Gasteiger partial charge is 0.480 e. The zero-order valence-corrected chi connectivity index (χ0v) is 13.7. The zero-order valence-electron chi connectivity index (χ0n) is 13.7. The molecule has 25 heavy (non-hydrogen) atoms. The molecule has 0 bridgehead atoms. The predicted octanol–water partition coefficient (Wildman–Crippen LogP) is 2.67. The topological polar surface area (TPSA) is 84.2 Å². The van der Waals surface area contributed by atoms with Crippen molar-refractivity contribution in [1.29, 1.82) is 0 Å². The van der Waals surface area contributed by atoms with E-state index in [9.17, 15) is 27.9 Å². The Morgan fingerprint density at radius 3 is 2.52 bits per heavy atom. The number of amides is 1.